The molecule has 0 saturated heterocycles. The molecule has 8 heteroatoms. The van der Waals surface area contributed by atoms with E-state index in [1.54, 1.807) is 24.3 Å². The van der Waals surface area contributed by atoms with Gasteiger partial charge in [-0.05, 0) is 36.4 Å². The van der Waals surface area contributed by atoms with Crippen molar-refractivity contribution in [2.45, 2.75) is 6.92 Å². The van der Waals surface area contributed by atoms with Gasteiger partial charge in [-0.25, -0.2) is 8.78 Å². The third-order valence-electron chi connectivity index (χ3n) is 3.65. The zero-order valence-electron chi connectivity index (χ0n) is 14.8. The van der Waals surface area contributed by atoms with Crippen LogP contribution in [0.25, 0.3) is 0 Å². The van der Waals surface area contributed by atoms with Crippen LogP contribution in [0.5, 0.6) is 0 Å². The maximum absolute atomic E-state index is 13.7. The number of rotatable bonds is 5. The summed E-state index contributed by atoms with van der Waals surface area (Å²) < 4.78 is 26.7. The number of nitrogens with zero attached hydrogens (tertiary/aromatic N) is 1. The van der Waals surface area contributed by atoms with Gasteiger partial charge in [-0.1, -0.05) is 6.07 Å². The number of halogens is 2. The normalized spacial score (nSPS) is 10.2. The first-order valence-electron chi connectivity index (χ1n) is 8.27. The van der Waals surface area contributed by atoms with Crippen LogP contribution in [0.2, 0.25) is 0 Å². The average molecular weight is 382 g/mol. The Morgan fingerprint density at radius 1 is 0.893 bits per heavy atom. The molecule has 0 radical (unpaired) electrons. The van der Waals surface area contributed by atoms with Gasteiger partial charge in [0.1, 0.15) is 11.6 Å². The molecule has 3 rings (SSSR count). The van der Waals surface area contributed by atoms with Crippen LogP contribution in [0.15, 0.2) is 60.9 Å². The molecule has 0 aliphatic carbocycles. The van der Waals surface area contributed by atoms with Crippen molar-refractivity contribution in [3.05, 3.63) is 78.1 Å². The number of hydrogen-bond acceptors (Lipinski definition) is 4. The first kappa shape index (κ1) is 19.0. The van der Waals surface area contributed by atoms with E-state index in [0.717, 1.165) is 12.1 Å². The second kappa shape index (κ2) is 8.26. The van der Waals surface area contributed by atoms with Gasteiger partial charge in [-0.2, -0.15) is 0 Å². The minimum Gasteiger partial charge on any atom is -0.354 e. The molecule has 0 aliphatic rings. The molecule has 0 unspecified atom stereocenters. The maximum Gasteiger partial charge on any atom is 0.257 e. The largest absolute Gasteiger partial charge is 0.354 e. The topological polar surface area (TPSA) is 83.1 Å². The molecule has 142 valence electrons. The summed E-state index contributed by atoms with van der Waals surface area (Å²) in [6, 6.07) is 11.4. The molecule has 2 aromatic carbocycles. The third kappa shape index (κ3) is 4.88. The van der Waals surface area contributed by atoms with Gasteiger partial charge in [-0.3, -0.25) is 14.6 Å². The van der Waals surface area contributed by atoms with Gasteiger partial charge >= 0.3 is 0 Å². The predicted molar refractivity (Wildman–Crippen MR) is 103 cm³/mol. The van der Waals surface area contributed by atoms with E-state index >= 15 is 0 Å². The fourth-order valence-corrected chi connectivity index (χ4v) is 2.46. The monoisotopic (exact) mass is 382 g/mol. The Hall–Kier alpha value is -3.81. The molecular formula is C20H16F2N4O2. The van der Waals surface area contributed by atoms with E-state index in [2.05, 4.69) is 20.9 Å². The Morgan fingerprint density at radius 2 is 1.68 bits per heavy atom. The van der Waals surface area contributed by atoms with E-state index in [-0.39, 0.29) is 17.2 Å². The van der Waals surface area contributed by atoms with Gasteiger partial charge in [0.25, 0.3) is 5.91 Å². The van der Waals surface area contributed by atoms with Crippen LogP contribution in [0.3, 0.4) is 0 Å². The number of carbonyl (C=O) groups is 2. The van der Waals surface area contributed by atoms with Crippen LogP contribution in [0.4, 0.5) is 31.5 Å². The highest BCUT2D eigenvalue weighted by Crippen LogP contribution is 2.21. The minimum atomic E-state index is -0.870. The lowest BCUT2D eigenvalue weighted by atomic mass is 10.2. The fourth-order valence-electron chi connectivity index (χ4n) is 2.46. The number of anilines is 4. The zero-order chi connectivity index (χ0) is 20.1. The summed E-state index contributed by atoms with van der Waals surface area (Å²) in [7, 11) is 0. The molecule has 0 saturated carbocycles. The van der Waals surface area contributed by atoms with Crippen molar-refractivity contribution in [2.24, 2.45) is 0 Å². The summed E-state index contributed by atoms with van der Waals surface area (Å²) in [5.41, 5.74) is 1.87. The van der Waals surface area contributed by atoms with Crippen LogP contribution in [-0.2, 0) is 4.79 Å². The Balaban J connectivity index is 1.75. The Morgan fingerprint density at radius 3 is 2.43 bits per heavy atom. The fraction of sp³-hybridized carbons (Fsp3) is 0.0500. The van der Waals surface area contributed by atoms with E-state index < -0.39 is 17.5 Å². The molecule has 0 bridgehead atoms. The van der Waals surface area contributed by atoms with Crippen molar-refractivity contribution in [2.75, 3.05) is 16.0 Å². The summed E-state index contributed by atoms with van der Waals surface area (Å²) in [5.74, 6) is -2.38. The molecule has 0 spiro atoms. The van der Waals surface area contributed by atoms with E-state index in [0.29, 0.717) is 23.1 Å². The maximum atomic E-state index is 13.7. The molecule has 3 aromatic rings. The second-order valence-corrected chi connectivity index (χ2v) is 5.93. The zero-order valence-corrected chi connectivity index (χ0v) is 14.8. The van der Waals surface area contributed by atoms with Crippen molar-refractivity contribution >= 4 is 34.6 Å². The summed E-state index contributed by atoms with van der Waals surface area (Å²) in [5, 5.41) is 8.13. The molecule has 6 nitrogen and oxygen atoms in total. The highest BCUT2D eigenvalue weighted by atomic mass is 19.1. The number of hydrogen-bond donors (Lipinski definition) is 3. The summed E-state index contributed by atoms with van der Waals surface area (Å²) in [4.78, 5) is 27.5. The minimum absolute atomic E-state index is 0.132. The number of aromatic nitrogens is 1. The average Bonchev–Trinajstić information content (AvgIpc) is 2.64. The SMILES string of the molecule is CC(=O)Nc1cccc(Nc2cncc(C(=O)Nc3ccc(F)cc3F)c2)c1. The van der Waals surface area contributed by atoms with E-state index in [1.165, 1.54) is 25.4 Å². The lowest BCUT2D eigenvalue weighted by Gasteiger charge is -2.10. The summed E-state index contributed by atoms with van der Waals surface area (Å²) >= 11 is 0. The Kier molecular flexibility index (Phi) is 5.59. The molecule has 2 amide bonds. The first-order chi connectivity index (χ1) is 13.4. The van der Waals surface area contributed by atoms with Gasteiger partial charge in [0, 0.05) is 30.6 Å². The molecular weight excluding hydrogens is 366 g/mol. The standard InChI is InChI=1S/C20H16F2N4O2/c1-12(27)24-15-3-2-4-16(9-15)25-17-7-13(10-23-11-17)20(28)26-19-6-5-14(21)8-18(19)22/h2-11,25H,1H3,(H,24,27)(H,26,28). The van der Waals surface area contributed by atoms with Crippen molar-refractivity contribution in [3.63, 3.8) is 0 Å². The highest BCUT2D eigenvalue weighted by molar-refractivity contribution is 6.04. The van der Waals surface area contributed by atoms with Crippen molar-refractivity contribution < 1.29 is 18.4 Å². The van der Waals surface area contributed by atoms with Gasteiger partial charge < -0.3 is 16.0 Å². The first-order valence-corrected chi connectivity index (χ1v) is 8.27. The molecule has 1 heterocycles. The number of amides is 2. The van der Waals surface area contributed by atoms with E-state index in [1.807, 2.05) is 0 Å². The van der Waals surface area contributed by atoms with Gasteiger partial charge in [0.15, 0.2) is 0 Å². The summed E-state index contributed by atoms with van der Waals surface area (Å²) in [6.07, 6.45) is 2.84. The lowest BCUT2D eigenvalue weighted by Crippen LogP contribution is -2.13. The van der Waals surface area contributed by atoms with Crippen molar-refractivity contribution in [3.8, 4) is 0 Å². The second-order valence-electron chi connectivity index (χ2n) is 5.93. The van der Waals surface area contributed by atoms with Gasteiger partial charge in [0.2, 0.25) is 5.91 Å². The molecule has 0 aliphatic heterocycles. The molecule has 0 fully saturated rings. The van der Waals surface area contributed by atoms with Crippen molar-refractivity contribution in [1.82, 2.24) is 4.98 Å². The van der Waals surface area contributed by atoms with Gasteiger partial charge in [-0.15, -0.1) is 0 Å². The van der Waals surface area contributed by atoms with Crippen molar-refractivity contribution in [1.29, 1.82) is 0 Å². The predicted octanol–water partition coefficient (Wildman–Crippen LogP) is 4.31. The quantitative estimate of drug-likeness (QED) is 0.614. The number of benzene rings is 2. The van der Waals surface area contributed by atoms with Crippen LogP contribution < -0.4 is 16.0 Å². The van der Waals surface area contributed by atoms with Crippen LogP contribution in [-0.4, -0.2) is 16.8 Å². The molecule has 1 aromatic heterocycles. The van der Waals surface area contributed by atoms with Crippen LogP contribution in [0.1, 0.15) is 17.3 Å². The highest BCUT2D eigenvalue weighted by Gasteiger charge is 2.11. The molecule has 28 heavy (non-hydrogen) atoms. The smallest absolute Gasteiger partial charge is 0.257 e. The third-order valence-corrected chi connectivity index (χ3v) is 3.65. The Bertz CT molecular complexity index is 1040. The van der Waals surface area contributed by atoms with E-state index in [9.17, 15) is 18.4 Å². The Labute approximate surface area is 159 Å². The molecule has 0 atom stereocenters. The van der Waals surface area contributed by atoms with Gasteiger partial charge in [0.05, 0.1) is 23.1 Å². The lowest BCUT2D eigenvalue weighted by molar-refractivity contribution is -0.114. The summed E-state index contributed by atoms with van der Waals surface area (Å²) in [6.45, 7) is 1.41. The van der Waals surface area contributed by atoms with Crippen LogP contribution >= 0.6 is 0 Å². The number of nitrogens with one attached hydrogen (secondary N) is 3. The number of pyridine rings is 1. The molecule has 3 N–H and O–H groups in total. The number of carbonyl (C=O) groups excluding carboxylic acids is 2. The van der Waals surface area contributed by atoms with E-state index in [4.69, 9.17) is 0 Å². The van der Waals surface area contributed by atoms with Crippen LogP contribution in [0, 0.1) is 11.6 Å².